The minimum atomic E-state index is -0.0152. The molecule has 2 N–H and O–H groups in total. The molecule has 1 atom stereocenters. The summed E-state index contributed by atoms with van der Waals surface area (Å²) in [4.78, 5) is 0. The van der Waals surface area contributed by atoms with E-state index in [-0.39, 0.29) is 19.3 Å². The van der Waals surface area contributed by atoms with Crippen molar-refractivity contribution in [2.45, 2.75) is 33.4 Å². The van der Waals surface area contributed by atoms with Gasteiger partial charge in [0.05, 0.1) is 13.7 Å². The van der Waals surface area contributed by atoms with E-state index in [0.717, 1.165) is 12.1 Å². The molecule has 0 aliphatic carbocycles. The summed E-state index contributed by atoms with van der Waals surface area (Å²) in [5, 5.41) is 12.5. The van der Waals surface area contributed by atoms with Crippen molar-refractivity contribution in [3.63, 3.8) is 0 Å². The molecule has 4 nitrogen and oxygen atoms in total. The van der Waals surface area contributed by atoms with Gasteiger partial charge in [-0.25, -0.2) is 0 Å². The lowest BCUT2D eigenvalue weighted by Crippen LogP contribution is -2.19. The van der Waals surface area contributed by atoms with E-state index in [4.69, 9.17) is 14.6 Å². The van der Waals surface area contributed by atoms with Gasteiger partial charge in [-0.15, -0.1) is 0 Å². The number of aliphatic hydroxyl groups excluding tert-OH is 1. The highest BCUT2D eigenvalue weighted by Gasteiger charge is 2.11. The Labute approximate surface area is 144 Å². The average Bonchev–Trinajstić information content (AvgIpc) is 2.59. The van der Waals surface area contributed by atoms with Gasteiger partial charge < -0.3 is 19.9 Å². The fourth-order valence-electron chi connectivity index (χ4n) is 2.73. The van der Waals surface area contributed by atoms with Crippen LogP contribution in [-0.2, 0) is 6.54 Å². The van der Waals surface area contributed by atoms with Gasteiger partial charge in [0, 0.05) is 12.6 Å². The third kappa shape index (κ3) is 4.49. The monoisotopic (exact) mass is 329 g/mol. The van der Waals surface area contributed by atoms with Gasteiger partial charge in [-0.2, -0.15) is 0 Å². The summed E-state index contributed by atoms with van der Waals surface area (Å²) in [6, 6.07) is 12.5. The predicted molar refractivity (Wildman–Crippen MR) is 96.7 cm³/mol. The molecular formula is C20H27NO3. The number of ether oxygens (including phenoxy) is 2. The van der Waals surface area contributed by atoms with Crippen molar-refractivity contribution in [3.05, 3.63) is 58.7 Å². The lowest BCUT2D eigenvalue weighted by Gasteiger charge is -2.18. The first-order valence-corrected chi connectivity index (χ1v) is 8.27. The van der Waals surface area contributed by atoms with Crippen molar-refractivity contribution >= 4 is 0 Å². The molecule has 4 heteroatoms. The molecule has 0 fully saturated rings. The van der Waals surface area contributed by atoms with Crippen molar-refractivity contribution in [1.29, 1.82) is 0 Å². The number of nitrogens with one attached hydrogen (secondary N) is 1. The number of methoxy groups -OCH3 is 1. The second kappa shape index (κ2) is 8.71. The molecule has 0 saturated heterocycles. The third-order valence-corrected chi connectivity index (χ3v) is 4.27. The van der Waals surface area contributed by atoms with Crippen LogP contribution in [0, 0.1) is 13.8 Å². The Morgan fingerprint density at radius 1 is 1.08 bits per heavy atom. The van der Waals surface area contributed by atoms with Crippen LogP contribution in [0.2, 0.25) is 0 Å². The van der Waals surface area contributed by atoms with Gasteiger partial charge >= 0.3 is 0 Å². The number of aryl methyl sites for hydroxylation is 2. The van der Waals surface area contributed by atoms with Gasteiger partial charge in [0.15, 0.2) is 11.5 Å². The summed E-state index contributed by atoms with van der Waals surface area (Å²) in [6.07, 6.45) is 0. The summed E-state index contributed by atoms with van der Waals surface area (Å²) < 4.78 is 10.9. The maximum Gasteiger partial charge on any atom is 0.161 e. The molecule has 24 heavy (non-hydrogen) atoms. The molecule has 0 bridgehead atoms. The first-order chi connectivity index (χ1) is 11.6. The summed E-state index contributed by atoms with van der Waals surface area (Å²) in [5.74, 6) is 1.33. The Hall–Kier alpha value is -2.04. The molecule has 0 aliphatic rings. The molecule has 0 heterocycles. The van der Waals surface area contributed by atoms with Crippen molar-refractivity contribution in [2.75, 3.05) is 20.3 Å². The molecular weight excluding hydrogens is 302 g/mol. The Morgan fingerprint density at radius 2 is 1.79 bits per heavy atom. The topological polar surface area (TPSA) is 50.7 Å². The van der Waals surface area contributed by atoms with Crippen LogP contribution in [0.25, 0.3) is 0 Å². The van der Waals surface area contributed by atoms with Gasteiger partial charge in [0.25, 0.3) is 0 Å². The zero-order valence-electron chi connectivity index (χ0n) is 14.9. The van der Waals surface area contributed by atoms with Crippen LogP contribution in [0.4, 0.5) is 0 Å². The summed E-state index contributed by atoms with van der Waals surface area (Å²) in [5.41, 5.74) is 5.09. The predicted octanol–water partition coefficient (Wildman–Crippen LogP) is 3.53. The van der Waals surface area contributed by atoms with Gasteiger partial charge in [0.2, 0.25) is 0 Å². The molecule has 2 aromatic rings. The highest BCUT2D eigenvalue weighted by atomic mass is 16.5. The fourth-order valence-corrected chi connectivity index (χ4v) is 2.73. The number of aliphatic hydroxyl groups is 1. The van der Waals surface area contributed by atoms with Crippen LogP contribution in [0.1, 0.15) is 35.2 Å². The number of hydrogen-bond acceptors (Lipinski definition) is 4. The van der Waals surface area contributed by atoms with Crippen LogP contribution in [0.3, 0.4) is 0 Å². The zero-order chi connectivity index (χ0) is 17.5. The van der Waals surface area contributed by atoms with Crippen LogP contribution in [0.5, 0.6) is 11.5 Å². The Morgan fingerprint density at radius 3 is 2.42 bits per heavy atom. The minimum absolute atomic E-state index is 0.0152. The summed E-state index contributed by atoms with van der Waals surface area (Å²) >= 11 is 0. The maximum atomic E-state index is 8.88. The molecule has 130 valence electrons. The van der Waals surface area contributed by atoms with E-state index >= 15 is 0 Å². The minimum Gasteiger partial charge on any atom is -0.493 e. The van der Waals surface area contributed by atoms with E-state index in [1.165, 1.54) is 16.7 Å². The fraction of sp³-hybridized carbons (Fsp3) is 0.400. The zero-order valence-corrected chi connectivity index (χ0v) is 14.9. The lowest BCUT2D eigenvalue weighted by molar-refractivity contribution is 0.196. The van der Waals surface area contributed by atoms with Crippen LogP contribution in [0.15, 0.2) is 36.4 Å². The average molecular weight is 329 g/mol. The van der Waals surface area contributed by atoms with E-state index in [2.05, 4.69) is 44.3 Å². The standard InChI is InChI=1S/C20H27NO3/c1-14-6-5-7-15(2)18(14)13-21-16(3)17-8-9-19(24-11-10-22)20(12-17)23-4/h5-9,12,16,21-22H,10-11,13H2,1-4H3. The first-order valence-electron chi connectivity index (χ1n) is 8.27. The van der Waals surface area contributed by atoms with Crippen LogP contribution < -0.4 is 14.8 Å². The smallest absolute Gasteiger partial charge is 0.161 e. The van der Waals surface area contributed by atoms with E-state index in [1.54, 1.807) is 7.11 Å². The normalized spacial score (nSPS) is 12.0. The molecule has 2 rings (SSSR count). The molecule has 0 aliphatic heterocycles. The molecule has 0 spiro atoms. The molecule has 0 aromatic heterocycles. The quantitative estimate of drug-likeness (QED) is 0.778. The van der Waals surface area contributed by atoms with Crippen molar-refractivity contribution in [1.82, 2.24) is 5.32 Å². The first kappa shape index (κ1) is 18.3. The highest BCUT2D eigenvalue weighted by Crippen LogP contribution is 2.30. The number of hydrogen-bond donors (Lipinski definition) is 2. The summed E-state index contributed by atoms with van der Waals surface area (Å²) in [6.45, 7) is 7.49. The van der Waals surface area contributed by atoms with E-state index < -0.39 is 0 Å². The second-order valence-corrected chi connectivity index (χ2v) is 5.96. The SMILES string of the molecule is COc1cc(C(C)NCc2c(C)cccc2C)ccc1OCCO. The molecule has 0 radical (unpaired) electrons. The molecule has 0 saturated carbocycles. The molecule has 2 aromatic carbocycles. The van der Waals surface area contributed by atoms with E-state index in [0.29, 0.717) is 11.5 Å². The van der Waals surface area contributed by atoms with Gasteiger partial charge in [-0.3, -0.25) is 0 Å². The Kier molecular flexibility index (Phi) is 6.64. The molecule has 1 unspecified atom stereocenters. The third-order valence-electron chi connectivity index (χ3n) is 4.27. The Balaban J connectivity index is 2.08. The summed E-state index contributed by atoms with van der Waals surface area (Å²) in [7, 11) is 1.62. The van der Waals surface area contributed by atoms with Gasteiger partial charge in [-0.05, 0) is 55.2 Å². The van der Waals surface area contributed by atoms with Crippen LogP contribution >= 0.6 is 0 Å². The second-order valence-electron chi connectivity index (χ2n) is 5.96. The van der Waals surface area contributed by atoms with Crippen molar-refractivity contribution < 1.29 is 14.6 Å². The van der Waals surface area contributed by atoms with Gasteiger partial charge in [0.1, 0.15) is 6.61 Å². The van der Waals surface area contributed by atoms with Crippen molar-refractivity contribution in [2.24, 2.45) is 0 Å². The lowest BCUT2D eigenvalue weighted by atomic mass is 10.0. The Bertz CT molecular complexity index is 650. The number of benzene rings is 2. The van der Waals surface area contributed by atoms with Gasteiger partial charge in [-0.1, -0.05) is 24.3 Å². The largest absolute Gasteiger partial charge is 0.493 e. The van der Waals surface area contributed by atoms with Crippen molar-refractivity contribution in [3.8, 4) is 11.5 Å². The number of rotatable bonds is 8. The highest BCUT2D eigenvalue weighted by molar-refractivity contribution is 5.44. The molecule has 0 amide bonds. The van der Waals surface area contributed by atoms with E-state index in [9.17, 15) is 0 Å². The van der Waals surface area contributed by atoms with Crippen LogP contribution in [-0.4, -0.2) is 25.4 Å². The maximum absolute atomic E-state index is 8.88. The van der Waals surface area contributed by atoms with E-state index in [1.807, 2.05) is 18.2 Å².